The molecular weight excluding hydrogens is 256 g/mol. The molecule has 0 heterocycles. The summed E-state index contributed by atoms with van der Waals surface area (Å²) in [5, 5.41) is 0.604. The van der Waals surface area contributed by atoms with Crippen LogP contribution < -0.4 is 5.73 Å². The highest BCUT2D eigenvalue weighted by molar-refractivity contribution is 7.80. The highest BCUT2D eigenvalue weighted by Gasteiger charge is 2.19. The number of nitrogens with zero attached hydrogens (tertiary/aromatic N) is 1. The third kappa shape index (κ3) is 3.98. The normalized spacial score (nSPS) is 10.4. The number of thiocarbonyl (C=S) groups is 1. The lowest BCUT2D eigenvalue weighted by Crippen LogP contribution is -2.42. The molecule has 0 atom stereocenters. The summed E-state index contributed by atoms with van der Waals surface area (Å²) in [5.41, 5.74) is 6.07. The van der Waals surface area contributed by atoms with Crippen LogP contribution in [0.3, 0.4) is 0 Å². The molecular formula is C12H15ClN2OS. The van der Waals surface area contributed by atoms with Gasteiger partial charge in [0.15, 0.2) is 0 Å². The summed E-state index contributed by atoms with van der Waals surface area (Å²) in [7, 11) is 0. The van der Waals surface area contributed by atoms with Crippen LogP contribution in [0.4, 0.5) is 0 Å². The van der Waals surface area contributed by atoms with E-state index in [9.17, 15) is 4.79 Å². The second kappa shape index (κ2) is 5.98. The van der Waals surface area contributed by atoms with Crippen molar-refractivity contribution in [1.29, 1.82) is 0 Å². The summed E-state index contributed by atoms with van der Waals surface area (Å²) < 4.78 is 0. The van der Waals surface area contributed by atoms with E-state index in [0.29, 0.717) is 15.6 Å². The molecule has 1 amide bonds. The van der Waals surface area contributed by atoms with Gasteiger partial charge in [-0.2, -0.15) is 0 Å². The van der Waals surface area contributed by atoms with Crippen LogP contribution in [0.2, 0.25) is 5.02 Å². The van der Waals surface area contributed by atoms with Crippen LogP contribution in [-0.2, 0) is 0 Å². The first-order valence-electron chi connectivity index (χ1n) is 5.26. The number of nitrogens with two attached hydrogens (primary N) is 1. The lowest BCUT2D eigenvalue weighted by molar-refractivity contribution is 0.0736. The van der Waals surface area contributed by atoms with Crippen LogP contribution in [0.5, 0.6) is 0 Å². The molecule has 1 aromatic carbocycles. The summed E-state index contributed by atoms with van der Waals surface area (Å²) in [6.07, 6.45) is 0. The van der Waals surface area contributed by atoms with E-state index in [1.54, 1.807) is 29.2 Å². The first-order chi connectivity index (χ1) is 7.91. The molecule has 92 valence electrons. The van der Waals surface area contributed by atoms with E-state index in [0.717, 1.165) is 0 Å². The Morgan fingerprint density at radius 3 is 2.35 bits per heavy atom. The van der Waals surface area contributed by atoms with Crippen molar-refractivity contribution in [2.45, 2.75) is 19.9 Å². The van der Waals surface area contributed by atoms with Gasteiger partial charge in [-0.15, -0.1) is 0 Å². The van der Waals surface area contributed by atoms with E-state index >= 15 is 0 Å². The molecule has 0 aliphatic carbocycles. The van der Waals surface area contributed by atoms with Crippen molar-refractivity contribution in [3.63, 3.8) is 0 Å². The molecule has 1 aromatic rings. The molecule has 17 heavy (non-hydrogen) atoms. The summed E-state index contributed by atoms with van der Waals surface area (Å²) in [6, 6.07) is 6.81. The summed E-state index contributed by atoms with van der Waals surface area (Å²) >= 11 is 10.6. The topological polar surface area (TPSA) is 46.3 Å². The molecule has 0 aliphatic rings. The van der Waals surface area contributed by atoms with E-state index in [4.69, 9.17) is 29.6 Å². The van der Waals surface area contributed by atoms with Gasteiger partial charge in [0.1, 0.15) is 0 Å². The molecule has 0 bridgehead atoms. The molecule has 0 unspecified atom stereocenters. The highest BCUT2D eigenvalue weighted by atomic mass is 35.5. The lowest BCUT2D eigenvalue weighted by Gasteiger charge is -2.26. The van der Waals surface area contributed by atoms with Crippen molar-refractivity contribution in [2.24, 2.45) is 5.73 Å². The Morgan fingerprint density at radius 1 is 1.41 bits per heavy atom. The number of halogens is 1. The lowest BCUT2D eigenvalue weighted by atomic mass is 10.1. The highest BCUT2D eigenvalue weighted by Crippen LogP contribution is 2.13. The monoisotopic (exact) mass is 270 g/mol. The van der Waals surface area contributed by atoms with Crippen LogP contribution in [0.1, 0.15) is 24.2 Å². The van der Waals surface area contributed by atoms with Crippen LogP contribution in [0.25, 0.3) is 0 Å². The third-order valence-electron chi connectivity index (χ3n) is 2.30. The Bertz CT molecular complexity index is 417. The average Bonchev–Trinajstić information content (AvgIpc) is 2.25. The molecule has 0 aromatic heterocycles. The fraction of sp³-hybridized carbons (Fsp3) is 0.333. The van der Waals surface area contributed by atoms with Crippen molar-refractivity contribution in [3.8, 4) is 0 Å². The van der Waals surface area contributed by atoms with E-state index in [2.05, 4.69) is 0 Å². The molecule has 0 fully saturated rings. The van der Waals surface area contributed by atoms with Gasteiger partial charge in [-0.1, -0.05) is 23.8 Å². The zero-order valence-electron chi connectivity index (χ0n) is 9.81. The SMILES string of the molecule is CC(C)N(CC(N)=S)C(=O)c1ccc(Cl)cc1. The van der Waals surface area contributed by atoms with Gasteiger partial charge in [0.05, 0.1) is 11.5 Å². The zero-order valence-corrected chi connectivity index (χ0v) is 11.4. The standard InChI is InChI=1S/C12H15ClN2OS/c1-8(2)15(7-11(14)17)12(16)9-3-5-10(13)6-4-9/h3-6,8H,7H2,1-2H3,(H2,14,17). The molecule has 3 nitrogen and oxygen atoms in total. The van der Waals surface area contributed by atoms with Crippen LogP contribution >= 0.6 is 23.8 Å². The summed E-state index contributed by atoms with van der Waals surface area (Å²) in [6.45, 7) is 4.13. The number of hydrogen-bond donors (Lipinski definition) is 1. The quantitative estimate of drug-likeness (QED) is 0.855. The van der Waals surface area contributed by atoms with Crippen LogP contribution in [0.15, 0.2) is 24.3 Å². The average molecular weight is 271 g/mol. The Kier molecular flexibility index (Phi) is 4.90. The van der Waals surface area contributed by atoms with E-state index in [1.165, 1.54) is 0 Å². The first kappa shape index (κ1) is 13.9. The Labute approximate surface area is 112 Å². The van der Waals surface area contributed by atoms with E-state index in [-0.39, 0.29) is 18.5 Å². The molecule has 2 N–H and O–H groups in total. The Balaban J connectivity index is 2.91. The molecule has 0 radical (unpaired) electrons. The second-order valence-corrected chi connectivity index (χ2v) is 4.96. The predicted molar refractivity (Wildman–Crippen MR) is 74.4 cm³/mol. The Morgan fingerprint density at radius 2 is 1.94 bits per heavy atom. The fourth-order valence-corrected chi connectivity index (χ4v) is 1.68. The molecule has 0 saturated heterocycles. The van der Waals surface area contributed by atoms with Gasteiger partial charge in [-0.25, -0.2) is 0 Å². The van der Waals surface area contributed by atoms with Gasteiger partial charge in [0.2, 0.25) is 0 Å². The number of benzene rings is 1. The minimum atomic E-state index is -0.0931. The van der Waals surface area contributed by atoms with Crippen molar-refractivity contribution in [1.82, 2.24) is 4.90 Å². The van der Waals surface area contributed by atoms with Gasteiger partial charge in [0, 0.05) is 16.6 Å². The number of amides is 1. The summed E-state index contributed by atoms with van der Waals surface area (Å²) in [4.78, 5) is 14.1. The third-order valence-corrected chi connectivity index (χ3v) is 2.68. The maximum atomic E-state index is 12.2. The molecule has 0 saturated carbocycles. The first-order valence-corrected chi connectivity index (χ1v) is 6.05. The maximum absolute atomic E-state index is 12.2. The number of rotatable bonds is 4. The van der Waals surface area contributed by atoms with Crippen molar-refractivity contribution in [2.75, 3.05) is 6.54 Å². The minimum absolute atomic E-state index is 0.0414. The van der Waals surface area contributed by atoms with Crippen LogP contribution in [-0.4, -0.2) is 28.4 Å². The minimum Gasteiger partial charge on any atom is -0.392 e. The van der Waals surface area contributed by atoms with Crippen molar-refractivity contribution >= 4 is 34.7 Å². The van der Waals surface area contributed by atoms with E-state index in [1.807, 2.05) is 13.8 Å². The van der Waals surface area contributed by atoms with Gasteiger partial charge >= 0.3 is 0 Å². The van der Waals surface area contributed by atoms with Gasteiger partial charge in [-0.3, -0.25) is 4.79 Å². The largest absolute Gasteiger partial charge is 0.392 e. The maximum Gasteiger partial charge on any atom is 0.254 e. The van der Waals surface area contributed by atoms with Crippen molar-refractivity contribution in [3.05, 3.63) is 34.9 Å². The number of carbonyl (C=O) groups excluding carboxylic acids is 1. The van der Waals surface area contributed by atoms with Gasteiger partial charge in [-0.05, 0) is 38.1 Å². The second-order valence-electron chi connectivity index (χ2n) is 4.00. The number of carbonyl (C=O) groups is 1. The zero-order chi connectivity index (χ0) is 13.0. The van der Waals surface area contributed by atoms with Crippen LogP contribution in [0, 0.1) is 0 Å². The van der Waals surface area contributed by atoms with Gasteiger partial charge < -0.3 is 10.6 Å². The number of hydrogen-bond acceptors (Lipinski definition) is 2. The van der Waals surface area contributed by atoms with Crippen molar-refractivity contribution < 1.29 is 4.79 Å². The molecule has 1 rings (SSSR count). The fourth-order valence-electron chi connectivity index (χ4n) is 1.42. The predicted octanol–water partition coefficient (Wildman–Crippen LogP) is 2.48. The smallest absolute Gasteiger partial charge is 0.254 e. The van der Waals surface area contributed by atoms with E-state index < -0.39 is 0 Å². The molecule has 5 heteroatoms. The molecule has 0 spiro atoms. The Hall–Kier alpha value is -1.13. The van der Waals surface area contributed by atoms with Gasteiger partial charge in [0.25, 0.3) is 5.91 Å². The summed E-state index contributed by atoms with van der Waals surface area (Å²) in [5.74, 6) is -0.0931. The molecule has 0 aliphatic heterocycles.